The van der Waals surface area contributed by atoms with Crippen molar-refractivity contribution >= 4 is 0 Å². The Kier molecular flexibility index (Phi) is 6.44. The lowest BCUT2D eigenvalue weighted by Gasteiger charge is -2.29. The molecule has 0 saturated heterocycles. The Morgan fingerprint density at radius 3 is 2.56 bits per heavy atom. The van der Waals surface area contributed by atoms with E-state index >= 15 is 0 Å². The minimum absolute atomic E-state index is 0.0438. The molecule has 104 valence electrons. The normalized spacial score (nSPS) is 12.0. The van der Waals surface area contributed by atoms with E-state index in [0.29, 0.717) is 0 Å². The highest BCUT2D eigenvalue weighted by molar-refractivity contribution is 5.07. The van der Waals surface area contributed by atoms with Crippen molar-refractivity contribution in [1.82, 2.24) is 9.88 Å². The number of aromatic nitrogens is 1. The van der Waals surface area contributed by atoms with E-state index < -0.39 is 0 Å². The van der Waals surface area contributed by atoms with Crippen LogP contribution in [0.5, 0.6) is 0 Å². The second-order valence-corrected chi connectivity index (χ2v) is 5.16. The third kappa shape index (κ3) is 3.85. The lowest BCUT2D eigenvalue weighted by atomic mass is 9.83. The number of nitrogens with one attached hydrogen (secondary N) is 1. The van der Waals surface area contributed by atoms with Crippen LogP contribution in [0.4, 0.5) is 0 Å². The van der Waals surface area contributed by atoms with E-state index in [1.54, 1.807) is 0 Å². The van der Waals surface area contributed by atoms with Gasteiger partial charge in [-0.2, -0.15) is 0 Å². The lowest BCUT2D eigenvalue weighted by Crippen LogP contribution is -2.36. The molecule has 0 unspecified atom stereocenters. The standard InChI is InChI=1S/C15H28N2O/c1-4-9-17-10-7-8-14(17)11-16-12-15(5-2,6-3)13-18/h7-8,10,16,18H,4-6,9,11-13H2,1-3H3. The molecule has 0 amide bonds. The molecule has 3 nitrogen and oxygen atoms in total. The van der Waals surface area contributed by atoms with Crippen molar-refractivity contribution in [2.45, 2.75) is 53.1 Å². The summed E-state index contributed by atoms with van der Waals surface area (Å²) in [5.41, 5.74) is 1.37. The van der Waals surface area contributed by atoms with Crippen LogP contribution in [-0.2, 0) is 13.1 Å². The highest BCUT2D eigenvalue weighted by Gasteiger charge is 2.24. The first-order valence-electron chi connectivity index (χ1n) is 7.17. The summed E-state index contributed by atoms with van der Waals surface area (Å²) in [6.45, 7) is 9.62. The number of hydrogen-bond acceptors (Lipinski definition) is 2. The van der Waals surface area contributed by atoms with Gasteiger partial charge in [0.05, 0.1) is 0 Å². The van der Waals surface area contributed by atoms with Gasteiger partial charge < -0.3 is 15.0 Å². The van der Waals surface area contributed by atoms with Crippen LogP contribution in [0.15, 0.2) is 18.3 Å². The smallest absolute Gasteiger partial charge is 0.0499 e. The van der Waals surface area contributed by atoms with Crippen LogP contribution >= 0.6 is 0 Å². The molecule has 0 aliphatic carbocycles. The Balaban J connectivity index is 2.47. The Hall–Kier alpha value is -0.800. The fraction of sp³-hybridized carbons (Fsp3) is 0.733. The van der Waals surface area contributed by atoms with Crippen LogP contribution in [0, 0.1) is 5.41 Å². The molecule has 0 aliphatic heterocycles. The van der Waals surface area contributed by atoms with E-state index in [1.807, 2.05) is 0 Å². The number of hydrogen-bond donors (Lipinski definition) is 2. The van der Waals surface area contributed by atoms with Crippen molar-refractivity contribution in [2.75, 3.05) is 13.2 Å². The van der Waals surface area contributed by atoms with Gasteiger partial charge in [-0.25, -0.2) is 0 Å². The van der Waals surface area contributed by atoms with Gasteiger partial charge in [0, 0.05) is 43.5 Å². The zero-order valence-electron chi connectivity index (χ0n) is 12.1. The summed E-state index contributed by atoms with van der Waals surface area (Å²) in [7, 11) is 0. The molecule has 1 aromatic rings. The molecule has 0 aliphatic rings. The molecule has 2 N–H and O–H groups in total. The van der Waals surface area contributed by atoms with Gasteiger partial charge in [0.2, 0.25) is 0 Å². The largest absolute Gasteiger partial charge is 0.396 e. The highest BCUT2D eigenvalue weighted by atomic mass is 16.3. The summed E-state index contributed by atoms with van der Waals surface area (Å²) in [5, 5.41) is 13.0. The Morgan fingerprint density at radius 1 is 1.28 bits per heavy atom. The molecule has 0 atom stereocenters. The molecule has 18 heavy (non-hydrogen) atoms. The van der Waals surface area contributed by atoms with E-state index in [2.05, 4.69) is 49.0 Å². The monoisotopic (exact) mass is 252 g/mol. The van der Waals surface area contributed by atoms with Crippen molar-refractivity contribution in [3.63, 3.8) is 0 Å². The van der Waals surface area contributed by atoms with Gasteiger partial charge in [0.1, 0.15) is 0 Å². The van der Waals surface area contributed by atoms with Crippen molar-refractivity contribution in [3.8, 4) is 0 Å². The number of aryl methyl sites for hydroxylation is 1. The Labute approximate surface area is 111 Å². The third-order valence-corrected chi connectivity index (χ3v) is 4.03. The average Bonchev–Trinajstić information content (AvgIpc) is 2.83. The molecule has 0 bridgehead atoms. The summed E-state index contributed by atoms with van der Waals surface area (Å²) in [6, 6.07) is 4.27. The first kappa shape index (κ1) is 15.3. The fourth-order valence-electron chi connectivity index (χ4n) is 2.30. The minimum atomic E-state index is 0.0438. The second kappa shape index (κ2) is 7.59. The number of aliphatic hydroxyl groups excluding tert-OH is 1. The number of aliphatic hydroxyl groups is 1. The van der Waals surface area contributed by atoms with Gasteiger partial charge in [-0.1, -0.05) is 20.8 Å². The molecule has 0 aromatic carbocycles. The fourth-order valence-corrected chi connectivity index (χ4v) is 2.30. The quantitative estimate of drug-likeness (QED) is 0.709. The molecule has 1 aromatic heterocycles. The van der Waals surface area contributed by atoms with Crippen molar-refractivity contribution in [3.05, 3.63) is 24.0 Å². The number of rotatable bonds is 9. The van der Waals surface area contributed by atoms with Gasteiger partial charge in [0.25, 0.3) is 0 Å². The molecule has 3 heteroatoms. The first-order valence-corrected chi connectivity index (χ1v) is 7.17. The van der Waals surface area contributed by atoms with Crippen LogP contribution in [0.25, 0.3) is 0 Å². The summed E-state index contributed by atoms with van der Waals surface area (Å²) >= 11 is 0. The second-order valence-electron chi connectivity index (χ2n) is 5.16. The van der Waals surface area contributed by atoms with E-state index in [9.17, 15) is 5.11 Å². The molecule has 0 spiro atoms. The predicted octanol–water partition coefficient (Wildman–Crippen LogP) is 2.79. The Bertz CT molecular complexity index is 321. The van der Waals surface area contributed by atoms with E-state index in [-0.39, 0.29) is 12.0 Å². The lowest BCUT2D eigenvalue weighted by molar-refractivity contribution is 0.113. The summed E-state index contributed by atoms with van der Waals surface area (Å²) < 4.78 is 2.30. The van der Waals surface area contributed by atoms with E-state index in [1.165, 1.54) is 5.69 Å². The van der Waals surface area contributed by atoms with Crippen molar-refractivity contribution < 1.29 is 5.11 Å². The molecular weight excluding hydrogens is 224 g/mol. The molecule has 1 heterocycles. The van der Waals surface area contributed by atoms with Crippen LogP contribution < -0.4 is 5.32 Å². The zero-order valence-corrected chi connectivity index (χ0v) is 12.1. The average molecular weight is 252 g/mol. The van der Waals surface area contributed by atoms with E-state index in [0.717, 1.165) is 38.9 Å². The van der Waals surface area contributed by atoms with Crippen molar-refractivity contribution in [1.29, 1.82) is 0 Å². The first-order chi connectivity index (χ1) is 8.71. The molecule has 0 saturated carbocycles. The highest BCUT2D eigenvalue weighted by Crippen LogP contribution is 2.24. The minimum Gasteiger partial charge on any atom is -0.396 e. The summed E-state index contributed by atoms with van der Waals surface area (Å²) in [5.74, 6) is 0. The molecule has 1 rings (SSSR count). The van der Waals surface area contributed by atoms with Crippen LogP contribution in [0.3, 0.4) is 0 Å². The Morgan fingerprint density at radius 2 is 2.00 bits per heavy atom. The topological polar surface area (TPSA) is 37.2 Å². The summed E-state index contributed by atoms with van der Waals surface area (Å²) in [4.78, 5) is 0. The SMILES string of the molecule is CCCn1cccc1CNCC(CC)(CC)CO. The van der Waals surface area contributed by atoms with Gasteiger partial charge in [-0.3, -0.25) is 0 Å². The zero-order chi connectivity index (χ0) is 13.4. The molecule has 0 radical (unpaired) electrons. The maximum absolute atomic E-state index is 9.53. The maximum atomic E-state index is 9.53. The number of nitrogens with zero attached hydrogens (tertiary/aromatic N) is 1. The summed E-state index contributed by atoms with van der Waals surface area (Å²) in [6.07, 6.45) is 5.33. The van der Waals surface area contributed by atoms with Crippen LogP contribution in [-0.4, -0.2) is 22.8 Å². The van der Waals surface area contributed by atoms with E-state index in [4.69, 9.17) is 0 Å². The van der Waals surface area contributed by atoms with Gasteiger partial charge in [-0.15, -0.1) is 0 Å². The predicted molar refractivity (Wildman–Crippen MR) is 76.5 cm³/mol. The van der Waals surface area contributed by atoms with Crippen LogP contribution in [0.2, 0.25) is 0 Å². The van der Waals surface area contributed by atoms with Gasteiger partial charge >= 0.3 is 0 Å². The van der Waals surface area contributed by atoms with Crippen LogP contribution in [0.1, 0.15) is 45.7 Å². The third-order valence-electron chi connectivity index (χ3n) is 4.03. The maximum Gasteiger partial charge on any atom is 0.0499 e. The van der Waals surface area contributed by atoms with Crippen molar-refractivity contribution in [2.24, 2.45) is 5.41 Å². The molecular formula is C15H28N2O. The van der Waals surface area contributed by atoms with Gasteiger partial charge in [0.15, 0.2) is 0 Å². The van der Waals surface area contributed by atoms with Gasteiger partial charge in [-0.05, 0) is 31.4 Å². The molecule has 0 fully saturated rings.